The van der Waals surface area contributed by atoms with E-state index in [2.05, 4.69) is 0 Å². The van der Waals surface area contributed by atoms with Crippen LogP contribution in [0.3, 0.4) is 0 Å². The summed E-state index contributed by atoms with van der Waals surface area (Å²) < 4.78 is 32.0. The van der Waals surface area contributed by atoms with Gasteiger partial charge in [0, 0.05) is 0 Å². The summed E-state index contributed by atoms with van der Waals surface area (Å²) in [6.07, 6.45) is 0.573. The topological polar surface area (TPSA) is 89.5 Å². The third-order valence-corrected chi connectivity index (χ3v) is 4.16. The van der Waals surface area contributed by atoms with Crippen molar-refractivity contribution < 1.29 is 38.0 Å². The predicted octanol–water partition coefficient (Wildman–Crippen LogP) is 2.78. The lowest BCUT2D eigenvalue weighted by Gasteiger charge is -2.19. The molecule has 8 heteroatoms. The van der Waals surface area contributed by atoms with Crippen molar-refractivity contribution in [3.8, 4) is 34.5 Å². The molecule has 0 radical (unpaired) electrons. The van der Waals surface area contributed by atoms with Crippen LogP contribution in [0.25, 0.3) is 0 Å². The van der Waals surface area contributed by atoms with Gasteiger partial charge in [-0.3, -0.25) is 9.59 Å². The average molecular weight is 390 g/mol. The number of methoxy groups -OCH3 is 6. The second kappa shape index (κ2) is 8.98. The highest BCUT2D eigenvalue weighted by Gasteiger charge is 2.30. The summed E-state index contributed by atoms with van der Waals surface area (Å²) in [7, 11) is 8.47. The first-order chi connectivity index (χ1) is 13.5. The first kappa shape index (κ1) is 20.9. The normalized spacial score (nSPS) is 10.1. The van der Waals surface area contributed by atoms with Crippen LogP contribution in [-0.2, 0) is 0 Å². The Morgan fingerprint density at radius 1 is 0.714 bits per heavy atom. The molecular weight excluding hydrogens is 368 g/mol. The Bertz CT molecular complexity index is 889. The van der Waals surface area contributed by atoms with Crippen LogP contribution >= 0.6 is 0 Å². The summed E-state index contributed by atoms with van der Waals surface area (Å²) in [6.45, 7) is 0. The van der Waals surface area contributed by atoms with Crippen LogP contribution in [0.1, 0.15) is 26.3 Å². The van der Waals surface area contributed by atoms with E-state index in [4.69, 9.17) is 28.4 Å². The maximum atomic E-state index is 13.5. The summed E-state index contributed by atoms with van der Waals surface area (Å²) in [5, 5.41) is 0. The third-order valence-electron chi connectivity index (χ3n) is 4.16. The molecular formula is C20H22O8. The van der Waals surface area contributed by atoms with E-state index in [0.717, 1.165) is 0 Å². The number of aldehydes is 1. The Labute approximate surface area is 162 Å². The van der Waals surface area contributed by atoms with Gasteiger partial charge in [-0.25, -0.2) is 0 Å². The van der Waals surface area contributed by atoms with Gasteiger partial charge in [0.05, 0.1) is 53.8 Å². The molecule has 8 nitrogen and oxygen atoms in total. The average Bonchev–Trinajstić information content (AvgIpc) is 2.75. The fourth-order valence-corrected chi connectivity index (χ4v) is 2.93. The zero-order valence-corrected chi connectivity index (χ0v) is 16.6. The standard InChI is InChI=1S/C20H22O8/c1-23-13-8-7-12(18(26-4)20(13)28-6)16(22)15-17(25-3)11(10-21)9-14(24-2)19(15)27-5/h7-10H,1-6H3. The molecule has 0 amide bonds. The Hall–Kier alpha value is -3.42. The highest BCUT2D eigenvalue weighted by molar-refractivity contribution is 6.16. The van der Waals surface area contributed by atoms with Gasteiger partial charge in [0.2, 0.25) is 11.5 Å². The van der Waals surface area contributed by atoms with E-state index in [1.54, 1.807) is 6.07 Å². The quantitative estimate of drug-likeness (QED) is 0.477. The number of hydrogen-bond donors (Lipinski definition) is 0. The van der Waals surface area contributed by atoms with E-state index in [1.807, 2.05) is 0 Å². The van der Waals surface area contributed by atoms with Gasteiger partial charge in [0.15, 0.2) is 29.3 Å². The molecule has 0 aromatic heterocycles. The van der Waals surface area contributed by atoms with Crippen molar-refractivity contribution in [2.45, 2.75) is 0 Å². The fraction of sp³-hybridized carbons (Fsp3) is 0.300. The zero-order chi connectivity index (χ0) is 20.8. The first-order valence-electron chi connectivity index (χ1n) is 8.14. The summed E-state index contributed by atoms with van der Waals surface area (Å²) in [5.74, 6) is 0.732. The molecule has 0 aliphatic rings. The molecule has 0 fully saturated rings. The van der Waals surface area contributed by atoms with E-state index in [-0.39, 0.29) is 45.4 Å². The Balaban J connectivity index is 2.85. The van der Waals surface area contributed by atoms with Gasteiger partial charge < -0.3 is 28.4 Å². The van der Waals surface area contributed by atoms with Gasteiger partial charge in [-0.05, 0) is 18.2 Å². The molecule has 0 N–H and O–H groups in total. The van der Waals surface area contributed by atoms with Crippen LogP contribution in [0.15, 0.2) is 18.2 Å². The molecule has 28 heavy (non-hydrogen) atoms. The molecule has 0 aliphatic carbocycles. The van der Waals surface area contributed by atoms with E-state index in [0.29, 0.717) is 12.0 Å². The highest BCUT2D eigenvalue weighted by Crippen LogP contribution is 2.45. The fourth-order valence-electron chi connectivity index (χ4n) is 2.93. The van der Waals surface area contributed by atoms with Crippen molar-refractivity contribution in [2.24, 2.45) is 0 Å². The lowest BCUT2D eigenvalue weighted by atomic mass is 9.97. The maximum absolute atomic E-state index is 13.5. The molecule has 150 valence electrons. The Kier molecular flexibility index (Phi) is 6.70. The molecule has 0 bridgehead atoms. The molecule has 0 unspecified atom stereocenters. The van der Waals surface area contributed by atoms with Gasteiger partial charge in [0.1, 0.15) is 11.3 Å². The number of hydrogen-bond acceptors (Lipinski definition) is 8. The van der Waals surface area contributed by atoms with Gasteiger partial charge in [-0.15, -0.1) is 0 Å². The van der Waals surface area contributed by atoms with E-state index >= 15 is 0 Å². The molecule has 2 aromatic carbocycles. The van der Waals surface area contributed by atoms with Crippen LogP contribution < -0.4 is 28.4 Å². The number of carbonyl (C=O) groups is 2. The molecule has 0 saturated heterocycles. The Morgan fingerprint density at radius 3 is 1.75 bits per heavy atom. The molecule has 2 aromatic rings. The van der Waals surface area contributed by atoms with Crippen LogP contribution in [-0.4, -0.2) is 54.7 Å². The van der Waals surface area contributed by atoms with Crippen LogP contribution in [0.4, 0.5) is 0 Å². The van der Waals surface area contributed by atoms with Crippen molar-refractivity contribution in [3.05, 3.63) is 34.9 Å². The van der Waals surface area contributed by atoms with Gasteiger partial charge in [-0.1, -0.05) is 0 Å². The van der Waals surface area contributed by atoms with Crippen molar-refractivity contribution in [3.63, 3.8) is 0 Å². The Morgan fingerprint density at radius 2 is 1.29 bits per heavy atom. The van der Waals surface area contributed by atoms with Gasteiger partial charge >= 0.3 is 0 Å². The highest BCUT2D eigenvalue weighted by atomic mass is 16.5. The minimum absolute atomic E-state index is 0.0250. The molecule has 0 atom stereocenters. The van der Waals surface area contributed by atoms with Crippen molar-refractivity contribution >= 4 is 12.1 Å². The number of ether oxygens (including phenoxy) is 6. The van der Waals surface area contributed by atoms with Crippen molar-refractivity contribution in [1.29, 1.82) is 0 Å². The minimum Gasteiger partial charge on any atom is -0.495 e. The smallest absolute Gasteiger partial charge is 0.204 e. The molecule has 0 aliphatic heterocycles. The summed E-state index contributed by atoms with van der Waals surface area (Å²) in [5.41, 5.74) is 0.335. The van der Waals surface area contributed by atoms with E-state index in [1.165, 1.54) is 54.8 Å². The lowest BCUT2D eigenvalue weighted by molar-refractivity contribution is 0.102. The van der Waals surface area contributed by atoms with Gasteiger partial charge in [-0.2, -0.15) is 0 Å². The summed E-state index contributed by atoms with van der Waals surface area (Å²) in [6, 6.07) is 4.54. The molecule has 0 saturated carbocycles. The third kappa shape index (κ3) is 3.40. The predicted molar refractivity (Wildman–Crippen MR) is 101 cm³/mol. The minimum atomic E-state index is -0.506. The largest absolute Gasteiger partial charge is 0.495 e. The van der Waals surface area contributed by atoms with E-state index in [9.17, 15) is 9.59 Å². The number of benzene rings is 2. The van der Waals surface area contributed by atoms with Crippen LogP contribution in [0, 0.1) is 0 Å². The van der Waals surface area contributed by atoms with Gasteiger partial charge in [0.25, 0.3) is 0 Å². The summed E-state index contributed by atoms with van der Waals surface area (Å²) >= 11 is 0. The number of carbonyl (C=O) groups excluding carboxylic acids is 2. The van der Waals surface area contributed by atoms with Crippen molar-refractivity contribution in [1.82, 2.24) is 0 Å². The second-order valence-corrected chi connectivity index (χ2v) is 5.44. The first-order valence-corrected chi connectivity index (χ1v) is 8.14. The molecule has 0 heterocycles. The second-order valence-electron chi connectivity index (χ2n) is 5.44. The number of rotatable bonds is 9. The summed E-state index contributed by atoms with van der Waals surface area (Å²) in [4.78, 5) is 25.0. The monoisotopic (exact) mass is 390 g/mol. The maximum Gasteiger partial charge on any atom is 0.204 e. The van der Waals surface area contributed by atoms with Crippen molar-refractivity contribution in [2.75, 3.05) is 42.7 Å². The van der Waals surface area contributed by atoms with E-state index < -0.39 is 5.78 Å². The zero-order valence-electron chi connectivity index (χ0n) is 16.6. The lowest BCUT2D eigenvalue weighted by Crippen LogP contribution is -2.11. The number of ketones is 1. The van der Waals surface area contributed by atoms with Crippen LogP contribution in [0.2, 0.25) is 0 Å². The van der Waals surface area contributed by atoms with Crippen LogP contribution in [0.5, 0.6) is 34.5 Å². The SMILES string of the molecule is COc1ccc(C(=O)c2c(OC)c(C=O)cc(OC)c2OC)c(OC)c1OC. The molecule has 0 spiro atoms. The molecule has 2 rings (SSSR count).